The normalized spacial score (nSPS) is 21.2. The molecule has 108 valence electrons. The molecule has 3 rings (SSSR count). The number of rotatable bonds is 3. The van der Waals surface area contributed by atoms with Gasteiger partial charge >= 0.3 is 0 Å². The summed E-state index contributed by atoms with van der Waals surface area (Å²) >= 11 is 0. The summed E-state index contributed by atoms with van der Waals surface area (Å²) in [5.74, 6) is 1.32. The van der Waals surface area contributed by atoms with E-state index in [0.29, 0.717) is 12.5 Å². The Morgan fingerprint density at radius 2 is 1.95 bits per heavy atom. The van der Waals surface area contributed by atoms with Gasteiger partial charge in [-0.05, 0) is 43.3 Å². The fourth-order valence-corrected chi connectivity index (χ4v) is 2.65. The van der Waals surface area contributed by atoms with Crippen LogP contribution in [0, 0.1) is 0 Å². The highest BCUT2D eigenvalue weighted by atomic mass is 16.5. The number of ether oxygens (including phenoxy) is 1. The van der Waals surface area contributed by atoms with Crippen LogP contribution in [0.1, 0.15) is 12.6 Å². The number of benzene rings is 1. The van der Waals surface area contributed by atoms with E-state index in [4.69, 9.17) is 10.5 Å². The number of guanidine groups is 1. The first-order valence-corrected chi connectivity index (χ1v) is 6.81. The van der Waals surface area contributed by atoms with Gasteiger partial charge in [0.25, 0.3) is 0 Å². The first-order valence-electron chi connectivity index (χ1n) is 6.81. The highest BCUT2D eigenvalue weighted by molar-refractivity contribution is 5.98. The van der Waals surface area contributed by atoms with Gasteiger partial charge in [-0.15, -0.1) is 0 Å². The second kappa shape index (κ2) is 5.09. The molecule has 5 nitrogen and oxygen atoms in total. The van der Waals surface area contributed by atoms with Crippen molar-refractivity contribution in [1.29, 1.82) is 0 Å². The lowest BCUT2D eigenvalue weighted by molar-refractivity contribution is 0.414. The summed E-state index contributed by atoms with van der Waals surface area (Å²) in [6.45, 7) is 2.69. The Morgan fingerprint density at radius 3 is 2.57 bits per heavy atom. The van der Waals surface area contributed by atoms with Gasteiger partial charge in [0.1, 0.15) is 11.3 Å². The van der Waals surface area contributed by atoms with Crippen LogP contribution in [-0.4, -0.2) is 24.6 Å². The number of anilines is 1. The van der Waals surface area contributed by atoms with Crippen molar-refractivity contribution in [3.05, 3.63) is 54.4 Å². The van der Waals surface area contributed by atoms with E-state index in [-0.39, 0.29) is 5.54 Å². The maximum atomic E-state index is 6.11. The van der Waals surface area contributed by atoms with Crippen molar-refractivity contribution in [3.8, 4) is 5.75 Å². The van der Waals surface area contributed by atoms with Gasteiger partial charge in [-0.3, -0.25) is 14.9 Å². The molecule has 1 aliphatic heterocycles. The molecule has 1 aromatic carbocycles. The summed E-state index contributed by atoms with van der Waals surface area (Å²) in [6, 6.07) is 13.7. The molecule has 0 bridgehead atoms. The zero-order chi connectivity index (χ0) is 14.9. The number of hydrogen-bond acceptors (Lipinski definition) is 5. The first-order chi connectivity index (χ1) is 10.1. The Balaban J connectivity index is 2.02. The second-order valence-corrected chi connectivity index (χ2v) is 5.20. The molecule has 1 aliphatic rings. The van der Waals surface area contributed by atoms with Crippen molar-refractivity contribution in [2.75, 3.05) is 18.6 Å². The molecule has 21 heavy (non-hydrogen) atoms. The molecular weight excluding hydrogens is 264 g/mol. The topological polar surface area (TPSA) is 63.7 Å². The first kappa shape index (κ1) is 13.4. The predicted octanol–water partition coefficient (Wildman–Crippen LogP) is 2.14. The van der Waals surface area contributed by atoms with Gasteiger partial charge in [0, 0.05) is 11.9 Å². The predicted molar refractivity (Wildman–Crippen MR) is 83.6 cm³/mol. The van der Waals surface area contributed by atoms with Gasteiger partial charge in [0.2, 0.25) is 0 Å². The van der Waals surface area contributed by atoms with Crippen LogP contribution in [0.4, 0.5) is 5.69 Å². The van der Waals surface area contributed by atoms with Crippen LogP contribution < -0.4 is 15.4 Å². The number of nitrogens with zero attached hydrogens (tertiary/aromatic N) is 3. The lowest BCUT2D eigenvalue weighted by Crippen LogP contribution is -2.48. The van der Waals surface area contributed by atoms with Crippen LogP contribution in [0.15, 0.2) is 53.7 Å². The van der Waals surface area contributed by atoms with Crippen LogP contribution >= 0.6 is 0 Å². The molecular formula is C16H18N4O. The van der Waals surface area contributed by atoms with Gasteiger partial charge in [-0.2, -0.15) is 0 Å². The van der Waals surface area contributed by atoms with E-state index in [2.05, 4.69) is 16.9 Å². The van der Waals surface area contributed by atoms with E-state index in [0.717, 1.165) is 17.1 Å². The van der Waals surface area contributed by atoms with Gasteiger partial charge in [0.05, 0.1) is 19.3 Å². The SMILES string of the molecule is COc1ccc(N2C(N)=NCC2(C)c2ccccn2)cc1. The zero-order valence-corrected chi connectivity index (χ0v) is 12.2. The van der Waals surface area contributed by atoms with Gasteiger partial charge in [-0.25, -0.2) is 0 Å². The molecule has 1 aromatic heterocycles. The summed E-state index contributed by atoms with van der Waals surface area (Å²) in [5.41, 5.74) is 7.66. The minimum atomic E-state index is -0.375. The van der Waals surface area contributed by atoms with E-state index >= 15 is 0 Å². The standard InChI is InChI=1S/C16H18N4O/c1-16(14-5-3-4-10-18-14)11-19-15(17)20(16)12-6-8-13(21-2)9-7-12/h3-10H,11H2,1-2H3,(H2,17,19). The van der Waals surface area contributed by atoms with E-state index in [1.807, 2.05) is 47.4 Å². The quantitative estimate of drug-likeness (QED) is 0.936. The Kier molecular flexibility index (Phi) is 3.25. The zero-order valence-electron chi connectivity index (χ0n) is 12.2. The van der Waals surface area contributed by atoms with E-state index in [9.17, 15) is 0 Å². The van der Waals surface area contributed by atoms with Gasteiger partial charge in [-0.1, -0.05) is 6.07 Å². The lowest BCUT2D eigenvalue weighted by atomic mass is 9.95. The summed E-state index contributed by atoms with van der Waals surface area (Å²) in [7, 11) is 1.65. The summed E-state index contributed by atoms with van der Waals surface area (Å²) in [6.07, 6.45) is 1.79. The minimum Gasteiger partial charge on any atom is -0.497 e. The molecule has 0 saturated heterocycles. The molecule has 2 heterocycles. The van der Waals surface area contributed by atoms with Gasteiger partial charge < -0.3 is 10.5 Å². The Hall–Kier alpha value is -2.56. The molecule has 0 spiro atoms. The fourth-order valence-electron chi connectivity index (χ4n) is 2.65. The fraction of sp³-hybridized carbons (Fsp3) is 0.250. The second-order valence-electron chi connectivity index (χ2n) is 5.20. The molecule has 5 heteroatoms. The molecule has 0 saturated carbocycles. The molecule has 0 amide bonds. The Labute approximate surface area is 124 Å². The maximum Gasteiger partial charge on any atom is 0.196 e. The Morgan fingerprint density at radius 1 is 1.19 bits per heavy atom. The monoisotopic (exact) mass is 282 g/mol. The third kappa shape index (κ3) is 2.20. The van der Waals surface area contributed by atoms with Crippen LogP contribution in [0.3, 0.4) is 0 Å². The molecule has 0 radical (unpaired) electrons. The lowest BCUT2D eigenvalue weighted by Gasteiger charge is -2.35. The molecule has 0 fully saturated rings. The molecule has 0 aliphatic carbocycles. The number of aliphatic imine (C=N–C) groups is 1. The number of aromatic nitrogens is 1. The minimum absolute atomic E-state index is 0.375. The average Bonchev–Trinajstić information content (AvgIpc) is 2.85. The smallest absolute Gasteiger partial charge is 0.196 e. The summed E-state index contributed by atoms with van der Waals surface area (Å²) in [4.78, 5) is 10.9. The number of methoxy groups -OCH3 is 1. The van der Waals surface area contributed by atoms with Crippen molar-refractivity contribution in [1.82, 2.24) is 4.98 Å². The van der Waals surface area contributed by atoms with E-state index in [1.165, 1.54) is 0 Å². The van der Waals surface area contributed by atoms with Crippen molar-refractivity contribution >= 4 is 11.6 Å². The van der Waals surface area contributed by atoms with Crippen LogP contribution in [0.25, 0.3) is 0 Å². The van der Waals surface area contributed by atoms with E-state index < -0.39 is 0 Å². The Bertz CT molecular complexity index is 654. The van der Waals surface area contributed by atoms with Gasteiger partial charge in [0.15, 0.2) is 5.96 Å². The van der Waals surface area contributed by atoms with Crippen molar-refractivity contribution < 1.29 is 4.74 Å². The largest absolute Gasteiger partial charge is 0.497 e. The third-order valence-electron chi connectivity index (χ3n) is 3.82. The van der Waals surface area contributed by atoms with Crippen molar-refractivity contribution in [2.24, 2.45) is 10.7 Å². The average molecular weight is 282 g/mol. The van der Waals surface area contributed by atoms with Crippen LogP contribution in [-0.2, 0) is 5.54 Å². The molecule has 1 atom stereocenters. The summed E-state index contributed by atoms with van der Waals surface area (Å²) < 4.78 is 5.20. The number of pyridine rings is 1. The maximum absolute atomic E-state index is 6.11. The number of hydrogen-bond donors (Lipinski definition) is 1. The van der Waals surface area contributed by atoms with Crippen molar-refractivity contribution in [3.63, 3.8) is 0 Å². The highest BCUT2D eigenvalue weighted by Crippen LogP contribution is 2.36. The highest BCUT2D eigenvalue weighted by Gasteiger charge is 2.41. The van der Waals surface area contributed by atoms with E-state index in [1.54, 1.807) is 13.3 Å². The van der Waals surface area contributed by atoms with Crippen LogP contribution in [0.5, 0.6) is 5.75 Å². The summed E-state index contributed by atoms with van der Waals surface area (Å²) in [5, 5.41) is 0. The van der Waals surface area contributed by atoms with Crippen LogP contribution in [0.2, 0.25) is 0 Å². The molecule has 2 N–H and O–H groups in total. The number of nitrogens with two attached hydrogens (primary N) is 1. The van der Waals surface area contributed by atoms with Crippen molar-refractivity contribution in [2.45, 2.75) is 12.5 Å². The third-order valence-corrected chi connectivity index (χ3v) is 3.82. The molecule has 2 aromatic rings. The molecule has 1 unspecified atom stereocenters.